The summed E-state index contributed by atoms with van der Waals surface area (Å²) in [6, 6.07) is 9.67. The lowest BCUT2D eigenvalue weighted by Gasteiger charge is -2.20. The Bertz CT molecular complexity index is 1510. The topological polar surface area (TPSA) is 109 Å². The summed E-state index contributed by atoms with van der Waals surface area (Å²) in [5, 5.41) is 6.36. The summed E-state index contributed by atoms with van der Waals surface area (Å²) in [4.78, 5) is 37.0. The molecule has 0 saturated heterocycles. The lowest BCUT2D eigenvalue weighted by molar-refractivity contribution is -0.120. The summed E-state index contributed by atoms with van der Waals surface area (Å²) < 4.78 is 20.5. The van der Waals surface area contributed by atoms with Gasteiger partial charge in [-0.2, -0.15) is 0 Å². The SMILES string of the molecule is COc1ccc(Nc2cc(-c3ccc(NC(=O)C4CCCCC4)cc3F)nc3c(C)c[nH]c(=O)c23)nc1. The average Bonchev–Trinajstić information content (AvgIpc) is 2.91. The van der Waals surface area contributed by atoms with Crippen LogP contribution in [0.15, 0.2) is 53.6 Å². The molecule has 4 aromatic rings. The van der Waals surface area contributed by atoms with E-state index in [2.05, 4.69) is 25.6 Å². The number of fused-ring (bicyclic) bond motifs is 1. The minimum atomic E-state index is -0.524. The Morgan fingerprint density at radius 2 is 1.95 bits per heavy atom. The largest absolute Gasteiger partial charge is 0.495 e. The van der Waals surface area contributed by atoms with E-state index in [1.54, 1.807) is 49.8 Å². The van der Waals surface area contributed by atoms with Gasteiger partial charge in [-0.05, 0) is 61.7 Å². The van der Waals surface area contributed by atoms with Gasteiger partial charge in [0.05, 0.1) is 35.6 Å². The molecule has 1 saturated carbocycles. The number of methoxy groups -OCH3 is 1. The standard InChI is InChI=1S/C28H28FN5O3/c1-16-14-31-28(36)25-23(33-24-11-9-19(37-2)15-30-24)13-22(34-26(16)25)20-10-8-18(12-21(20)29)32-27(35)17-6-4-3-5-7-17/h8-15,17H,3-7H2,1-2H3,(H,31,36)(H,32,35)(H,30,33,34). The number of H-pyrrole nitrogens is 1. The summed E-state index contributed by atoms with van der Waals surface area (Å²) in [6.07, 6.45) is 8.12. The van der Waals surface area contributed by atoms with E-state index in [0.29, 0.717) is 39.5 Å². The number of nitrogens with zero attached hydrogens (tertiary/aromatic N) is 2. The van der Waals surface area contributed by atoms with Gasteiger partial charge in [-0.1, -0.05) is 19.3 Å². The van der Waals surface area contributed by atoms with Crippen LogP contribution in [0.5, 0.6) is 5.75 Å². The quantitative estimate of drug-likeness (QED) is 0.313. The number of ether oxygens (including phenoxy) is 1. The molecule has 0 radical (unpaired) electrons. The predicted molar refractivity (Wildman–Crippen MR) is 142 cm³/mol. The number of aryl methyl sites for hydroxylation is 1. The smallest absolute Gasteiger partial charge is 0.259 e. The molecular weight excluding hydrogens is 473 g/mol. The minimum absolute atomic E-state index is 0.0279. The third-order valence-corrected chi connectivity index (χ3v) is 6.76. The van der Waals surface area contributed by atoms with E-state index in [9.17, 15) is 9.59 Å². The first-order valence-corrected chi connectivity index (χ1v) is 12.3. The molecule has 0 spiro atoms. The molecular formula is C28H28FN5O3. The highest BCUT2D eigenvalue weighted by Gasteiger charge is 2.22. The second-order valence-corrected chi connectivity index (χ2v) is 9.31. The Labute approximate surface area is 213 Å². The van der Waals surface area contributed by atoms with Gasteiger partial charge >= 0.3 is 0 Å². The van der Waals surface area contributed by atoms with E-state index in [0.717, 1.165) is 37.7 Å². The van der Waals surface area contributed by atoms with Crippen LogP contribution in [0.25, 0.3) is 22.2 Å². The van der Waals surface area contributed by atoms with Gasteiger partial charge in [0.2, 0.25) is 5.91 Å². The first kappa shape index (κ1) is 24.4. The van der Waals surface area contributed by atoms with Gasteiger partial charge in [0.1, 0.15) is 17.4 Å². The molecule has 8 nitrogen and oxygen atoms in total. The van der Waals surface area contributed by atoms with Crippen molar-refractivity contribution >= 4 is 34.0 Å². The van der Waals surface area contributed by atoms with Crippen LogP contribution >= 0.6 is 0 Å². The molecule has 0 bridgehead atoms. The number of halogens is 1. The number of nitrogens with one attached hydrogen (secondary N) is 3. The van der Waals surface area contributed by atoms with Gasteiger partial charge < -0.3 is 20.4 Å². The monoisotopic (exact) mass is 501 g/mol. The molecule has 1 aromatic carbocycles. The van der Waals surface area contributed by atoms with E-state index in [1.165, 1.54) is 6.07 Å². The molecule has 5 rings (SSSR count). The van der Waals surface area contributed by atoms with E-state index in [4.69, 9.17) is 4.74 Å². The van der Waals surface area contributed by atoms with Crippen molar-refractivity contribution in [3.63, 3.8) is 0 Å². The number of pyridine rings is 3. The van der Waals surface area contributed by atoms with E-state index < -0.39 is 5.82 Å². The van der Waals surface area contributed by atoms with Crippen molar-refractivity contribution in [2.45, 2.75) is 39.0 Å². The molecule has 9 heteroatoms. The molecule has 1 aliphatic rings. The number of hydrogen-bond acceptors (Lipinski definition) is 6. The number of carbonyl (C=O) groups excluding carboxylic acids is 1. The van der Waals surface area contributed by atoms with Gasteiger partial charge in [-0.15, -0.1) is 0 Å². The average molecular weight is 502 g/mol. The number of aromatic amines is 1. The zero-order valence-electron chi connectivity index (χ0n) is 20.7. The second kappa shape index (κ2) is 10.4. The Balaban J connectivity index is 1.51. The van der Waals surface area contributed by atoms with Crippen molar-refractivity contribution in [3.8, 4) is 17.0 Å². The summed E-state index contributed by atoms with van der Waals surface area (Å²) in [6.45, 7) is 1.82. The van der Waals surface area contributed by atoms with Crippen LogP contribution in [0.4, 0.5) is 21.6 Å². The molecule has 37 heavy (non-hydrogen) atoms. The molecule has 1 fully saturated rings. The third-order valence-electron chi connectivity index (χ3n) is 6.76. The number of aromatic nitrogens is 3. The third kappa shape index (κ3) is 5.16. The highest BCUT2D eigenvalue weighted by atomic mass is 19.1. The molecule has 3 aromatic heterocycles. The number of rotatable bonds is 6. The summed E-state index contributed by atoms with van der Waals surface area (Å²) in [5.41, 5.74) is 2.31. The Morgan fingerprint density at radius 1 is 1.14 bits per heavy atom. The molecule has 3 heterocycles. The molecule has 0 atom stereocenters. The van der Waals surface area contributed by atoms with Crippen LogP contribution in [-0.4, -0.2) is 28.0 Å². The van der Waals surface area contributed by atoms with Crippen LogP contribution in [0.3, 0.4) is 0 Å². The predicted octanol–water partition coefficient (Wildman–Crippen LogP) is 5.70. The van der Waals surface area contributed by atoms with Crippen molar-refractivity contribution in [3.05, 3.63) is 70.5 Å². The van der Waals surface area contributed by atoms with Gasteiger partial charge in [0.25, 0.3) is 5.56 Å². The van der Waals surface area contributed by atoms with E-state index in [1.807, 2.05) is 6.92 Å². The lowest BCUT2D eigenvalue weighted by atomic mass is 9.88. The Kier molecular flexibility index (Phi) is 6.85. The van der Waals surface area contributed by atoms with Crippen LogP contribution in [0.1, 0.15) is 37.7 Å². The molecule has 1 aliphatic carbocycles. The van der Waals surface area contributed by atoms with Crippen LogP contribution in [0, 0.1) is 18.7 Å². The second-order valence-electron chi connectivity index (χ2n) is 9.31. The maximum absolute atomic E-state index is 15.3. The fourth-order valence-electron chi connectivity index (χ4n) is 4.73. The Hall–Kier alpha value is -4.27. The molecule has 1 amide bonds. The summed E-state index contributed by atoms with van der Waals surface area (Å²) in [5.74, 6) is 0.465. The van der Waals surface area contributed by atoms with Gasteiger partial charge in [0, 0.05) is 23.4 Å². The highest BCUT2D eigenvalue weighted by Crippen LogP contribution is 2.32. The minimum Gasteiger partial charge on any atom is -0.495 e. The number of amides is 1. The molecule has 0 unspecified atom stereocenters. The van der Waals surface area contributed by atoms with Gasteiger partial charge in [-0.25, -0.2) is 14.4 Å². The Morgan fingerprint density at radius 3 is 2.65 bits per heavy atom. The molecule has 190 valence electrons. The summed E-state index contributed by atoms with van der Waals surface area (Å²) >= 11 is 0. The number of anilines is 3. The summed E-state index contributed by atoms with van der Waals surface area (Å²) in [7, 11) is 1.55. The maximum atomic E-state index is 15.3. The van der Waals surface area contributed by atoms with Crippen molar-refractivity contribution in [2.75, 3.05) is 17.7 Å². The zero-order chi connectivity index (χ0) is 25.9. The van der Waals surface area contributed by atoms with Crippen LogP contribution in [0.2, 0.25) is 0 Å². The first-order chi connectivity index (χ1) is 17.9. The highest BCUT2D eigenvalue weighted by molar-refractivity contribution is 5.96. The van der Waals surface area contributed by atoms with Crippen molar-refractivity contribution in [1.29, 1.82) is 0 Å². The van der Waals surface area contributed by atoms with Gasteiger partial charge in [-0.3, -0.25) is 9.59 Å². The fraction of sp³-hybridized carbons (Fsp3) is 0.286. The van der Waals surface area contributed by atoms with Crippen molar-refractivity contribution in [2.24, 2.45) is 5.92 Å². The van der Waals surface area contributed by atoms with E-state index >= 15 is 4.39 Å². The fourth-order valence-corrected chi connectivity index (χ4v) is 4.73. The van der Waals surface area contributed by atoms with Crippen molar-refractivity contribution in [1.82, 2.24) is 15.0 Å². The zero-order valence-corrected chi connectivity index (χ0v) is 20.7. The molecule has 0 aliphatic heterocycles. The van der Waals surface area contributed by atoms with Gasteiger partial charge in [0.15, 0.2) is 0 Å². The lowest BCUT2D eigenvalue weighted by Crippen LogP contribution is -2.24. The van der Waals surface area contributed by atoms with E-state index in [-0.39, 0.29) is 22.9 Å². The van der Waals surface area contributed by atoms with Crippen molar-refractivity contribution < 1.29 is 13.9 Å². The van der Waals surface area contributed by atoms with Crippen LogP contribution in [-0.2, 0) is 4.79 Å². The number of carbonyl (C=O) groups is 1. The maximum Gasteiger partial charge on any atom is 0.259 e. The number of benzene rings is 1. The number of hydrogen-bond donors (Lipinski definition) is 3. The molecule has 3 N–H and O–H groups in total. The first-order valence-electron chi connectivity index (χ1n) is 12.3. The van der Waals surface area contributed by atoms with Crippen LogP contribution < -0.4 is 20.9 Å². The normalized spacial score (nSPS) is 13.9.